The van der Waals surface area contributed by atoms with Gasteiger partial charge in [0.25, 0.3) is 11.8 Å². The number of hydrogen-bond acceptors (Lipinski definition) is 7. The molecule has 2 atom stereocenters. The summed E-state index contributed by atoms with van der Waals surface area (Å²) in [7, 11) is 1.42. The number of carbonyl (C=O) groups excluding carboxylic acids is 1. The lowest BCUT2D eigenvalue weighted by atomic mass is 10.0. The van der Waals surface area contributed by atoms with E-state index in [4.69, 9.17) is 9.62 Å². The highest BCUT2D eigenvalue weighted by molar-refractivity contribution is 5.96. The van der Waals surface area contributed by atoms with Crippen LogP contribution in [0.1, 0.15) is 28.0 Å². The van der Waals surface area contributed by atoms with Crippen molar-refractivity contribution in [2.45, 2.75) is 25.0 Å². The largest absolute Gasteiger partial charge is 0.389 e. The van der Waals surface area contributed by atoms with Crippen LogP contribution in [-0.2, 0) is 16.0 Å². The number of pyridine rings is 2. The normalized spacial score (nSPS) is 18.9. The number of ether oxygens (including phenoxy) is 1. The summed E-state index contributed by atoms with van der Waals surface area (Å²) in [6, 6.07) is 12.8. The minimum Gasteiger partial charge on any atom is -0.389 e. The van der Waals surface area contributed by atoms with Crippen molar-refractivity contribution >= 4 is 16.8 Å². The molecule has 0 spiro atoms. The molecule has 4 rings (SSSR count). The van der Waals surface area contributed by atoms with Crippen molar-refractivity contribution in [3.63, 3.8) is 0 Å². The highest BCUT2D eigenvalue weighted by atomic mass is 17.2. The van der Waals surface area contributed by atoms with Crippen molar-refractivity contribution in [1.82, 2.24) is 15.3 Å². The van der Waals surface area contributed by atoms with Crippen LogP contribution < -0.4 is 10.2 Å². The van der Waals surface area contributed by atoms with Gasteiger partial charge in [-0.15, -0.1) is 0 Å². The van der Waals surface area contributed by atoms with Gasteiger partial charge in [-0.25, -0.2) is 9.97 Å². The van der Waals surface area contributed by atoms with Crippen molar-refractivity contribution in [3.05, 3.63) is 65.5 Å². The number of nitrogens with zero attached hydrogens (tertiary/aromatic N) is 2. The van der Waals surface area contributed by atoms with E-state index in [1.165, 1.54) is 7.11 Å². The van der Waals surface area contributed by atoms with E-state index < -0.39 is 6.10 Å². The molecule has 2 unspecified atom stereocenters. The summed E-state index contributed by atoms with van der Waals surface area (Å²) in [6.07, 6.45) is 2.13. The minimum atomic E-state index is -0.721. The molecule has 30 heavy (non-hydrogen) atoms. The molecule has 1 aromatic carbocycles. The lowest BCUT2D eigenvalue weighted by Crippen LogP contribution is -2.48. The average Bonchev–Trinajstić information content (AvgIpc) is 2.77. The van der Waals surface area contributed by atoms with Gasteiger partial charge in [-0.1, -0.05) is 24.3 Å². The van der Waals surface area contributed by atoms with Crippen molar-refractivity contribution in [3.8, 4) is 5.88 Å². The van der Waals surface area contributed by atoms with Crippen molar-refractivity contribution in [1.29, 1.82) is 0 Å². The molecule has 1 aliphatic rings. The van der Waals surface area contributed by atoms with E-state index in [1.807, 2.05) is 30.3 Å². The molecule has 1 aliphatic heterocycles. The third kappa shape index (κ3) is 4.56. The highest BCUT2D eigenvalue weighted by Gasteiger charge is 2.26. The molecule has 0 bridgehead atoms. The van der Waals surface area contributed by atoms with Crippen LogP contribution in [0.3, 0.4) is 0 Å². The van der Waals surface area contributed by atoms with Crippen LogP contribution in [0.5, 0.6) is 5.88 Å². The summed E-state index contributed by atoms with van der Waals surface area (Å²) < 4.78 is 5.23. The summed E-state index contributed by atoms with van der Waals surface area (Å²) in [5.74, 6) is 0.0610. The van der Waals surface area contributed by atoms with Crippen LogP contribution in [0.4, 0.5) is 0 Å². The molecule has 8 heteroatoms. The molecular weight excluding hydrogens is 386 g/mol. The fourth-order valence-electron chi connectivity index (χ4n) is 3.51. The first-order chi connectivity index (χ1) is 14.6. The predicted octanol–water partition coefficient (Wildman–Crippen LogP) is 2.04. The SMILES string of the molecule is COOc1ccc(Cc2cc(C(=O)NC3CCOCC3O)nc3ccccc23)cn1. The van der Waals surface area contributed by atoms with Gasteiger partial charge in [-0.2, -0.15) is 4.89 Å². The van der Waals surface area contributed by atoms with Crippen molar-refractivity contribution in [2.75, 3.05) is 20.3 Å². The second-order valence-corrected chi connectivity index (χ2v) is 7.13. The molecule has 1 amide bonds. The van der Waals surface area contributed by atoms with Crippen LogP contribution in [0.25, 0.3) is 10.9 Å². The van der Waals surface area contributed by atoms with Crippen molar-refractivity contribution < 1.29 is 24.4 Å². The number of fused-ring (bicyclic) bond motifs is 1. The van der Waals surface area contributed by atoms with E-state index in [0.29, 0.717) is 31.0 Å². The lowest BCUT2D eigenvalue weighted by molar-refractivity contribution is -0.181. The Labute approximate surface area is 173 Å². The van der Waals surface area contributed by atoms with E-state index in [1.54, 1.807) is 18.3 Å². The number of para-hydroxylation sites is 1. The Kier molecular flexibility index (Phi) is 6.18. The second kappa shape index (κ2) is 9.17. The van der Waals surface area contributed by atoms with Crippen LogP contribution in [-0.4, -0.2) is 53.5 Å². The first-order valence-corrected chi connectivity index (χ1v) is 9.75. The van der Waals surface area contributed by atoms with Gasteiger partial charge in [-0.3, -0.25) is 4.79 Å². The molecule has 3 heterocycles. The molecule has 156 valence electrons. The molecule has 0 radical (unpaired) electrons. The maximum atomic E-state index is 12.9. The summed E-state index contributed by atoms with van der Waals surface area (Å²) in [6.45, 7) is 0.727. The van der Waals surface area contributed by atoms with Crippen LogP contribution >= 0.6 is 0 Å². The van der Waals surface area contributed by atoms with Gasteiger partial charge >= 0.3 is 0 Å². The Hall–Kier alpha value is -3.07. The monoisotopic (exact) mass is 409 g/mol. The van der Waals surface area contributed by atoms with E-state index in [-0.39, 0.29) is 18.6 Å². The van der Waals surface area contributed by atoms with Gasteiger partial charge in [-0.05, 0) is 36.1 Å². The second-order valence-electron chi connectivity index (χ2n) is 7.13. The molecule has 8 nitrogen and oxygen atoms in total. The molecule has 3 aromatic rings. The topological polar surface area (TPSA) is 103 Å². The maximum absolute atomic E-state index is 12.9. The van der Waals surface area contributed by atoms with Gasteiger partial charge in [0.05, 0.1) is 31.4 Å². The van der Waals surface area contributed by atoms with Gasteiger partial charge in [0.1, 0.15) is 5.69 Å². The van der Waals surface area contributed by atoms with Crippen LogP contribution in [0.15, 0.2) is 48.7 Å². The number of nitrogens with one attached hydrogen (secondary N) is 1. The summed E-state index contributed by atoms with van der Waals surface area (Å²) in [5.41, 5.74) is 2.97. The number of hydrogen-bond donors (Lipinski definition) is 2. The summed E-state index contributed by atoms with van der Waals surface area (Å²) in [5, 5.41) is 13.9. The molecule has 0 saturated carbocycles. The van der Waals surface area contributed by atoms with E-state index in [2.05, 4.69) is 20.2 Å². The third-order valence-corrected chi connectivity index (χ3v) is 5.04. The molecule has 1 fully saturated rings. The van der Waals surface area contributed by atoms with Crippen LogP contribution in [0, 0.1) is 0 Å². The van der Waals surface area contributed by atoms with E-state index >= 15 is 0 Å². The number of aromatic nitrogens is 2. The lowest BCUT2D eigenvalue weighted by Gasteiger charge is -2.28. The number of carbonyl (C=O) groups is 1. The van der Waals surface area contributed by atoms with Gasteiger partial charge in [0, 0.05) is 24.3 Å². The Balaban J connectivity index is 1.61. The van der Waals surface area contributed by atoms with E-state index in [0.717, 1.165) is 22.0 Å². The van der Waals surface area contributed by atoms with E-state index in [9.17, 15) is 9.90 Å². The molecule has 2 N–H and O–H groups in total. The number of aliphatic hydroxyl groups excluding tert-OH is 1. The van der Waals surface area contributed by atoms with Gasteiger partial charge in [0.15, 0.2) is 0 Å². The Morgan fingerprint density at radius 2 is 2.17 bits per heavy atom. The minimum absolute atomic E-state index is 0.219. The Morgan fingerprint density at radius 1 is 1.30 bits per heavy atom. The summed E-state index contributed by atoms with van der Waals surface area (Å²) in [4.78, 5) is 31.1. The standard InChI is InChI=1S/C22H23N3O5/c1-28-30-21-7-6-14(12-23-21)10-15-11-19(24-17-5-3-2-4-16(15)17)22(27)25-18-8-9-29-13-20(18)26/h2-7,11-12,18,20,26H,8-10,13H2,1H3,(H,25,27). The smallest absolute Gasteiger partial charge is 0.270 e. The molecule has 0 aliphatic carbocycles. The first-order valence-electron chi connectivity index (χ1n) is 9.75. The average molecular weight is 409 g/mol. The maximum Gasteiger partial charge on any atom is 0.270 e. The third-order valence-electron chi connectivity index (χ3n) is 5.04. The number of aliphatic hydroxyl groups is 1. The fourth-order valence-corrected chi connectivity index (χ4v) is 3.51. The molecule has 2 aromatic heterocycles. The Bertz CT molecular complexity index is 1020. The quantitative estimate of drug-likeness (QED) is 0.474. The molecular formula is C22H23N3O5. The summed E-state index contributed by atoms with van der Waals surface area (Å²) >= 11 is 0. The fraction of sp³-hybridized carbons (Fsp3) is 0.318. The van der Waals surface area contributed by atoms with Crippen LogP contribution in [0.2, 0.25) is 0 Å². The highest BCUT2D eigenvalue weighted by Crippen LogP contribution is 2.22. The molecule has 1 saturated heterocycles. The van der Waals surface area contributed by atoms with Gasteiger partial charge in [0.2, 0.25) is 0 Å². The van der Waals surface area contributed by atoms with Gasteiger partial charge < -0.3 is 20.0 Å². The number of amides is 1. The first kappa shape index (κ1) is 20.2. The Morgan fingerprint density at radius 3 is 2.93 bits per heavy atom. The zero-order chi connectivity index (χ0) is 20.9. The predicted molar refractivity (Wildman–Crippen MR) is 109 cm³/mol. The zero-order valence-electron chi connectivity index (χ0n) is 16.6. The van der Waals surface area contributed by atoms with Crippen molar-refractivity contribution in [2.24, 2.45) is 0 Å². The zero-order valence-corrected chi connectivity index (χ0v) is 16.6. The number of rotatable bonds is 6. The number of benzene rings is 1.